The highest BCUT2D eigenvalue weighted by atomic mass is 16.5. The molecule has 1 saturated heterocycles. The van der Waals surface area contributed by atoms with Gasteiger partial charge < -0.3 is 24.4 Å². The van der Waals surface area contributed by atoms with Crippen molar-refractivity contribution in [3.05, 3.63) is 53.6 Å². The summed E-state index contributed by atoms with van der Waals surface area (Å²) in [7, 11) is 0. The van der Waals surface area contributed by atoms with E-state index in [2.05, 4.69) is 34.5 Å². The van der Waals surface area contributed by atoms with E-state index in [4.69, 9.17) is 14.2 Å². The number of anilines is 1. The van der Waals surface area contributed by atoms with Crippen molar-refractivity contribution < 1.29 is 19.0 Å². The molecule has 0 saturated carbocycles. The maximum Gasteiger partial charge on any atom is 0.220 e. The topological polar surface area (TPSA) is 60.0 Å². The van der Waals surface area contributed by atoms with Gasteiger partial charge in [-0.05, 0) is 55.7 Å². The summed E-state index contributed by atoms with van der Waals surface area (Å²) in [6.07, 6.45) is 1.10. The van der Waals surface area contributed by atoms with Gasteiger partial charge in [0.25, 0.3) is 0 Å². The molecule has 2 aromatic carbocycles. The van der Waals surface area contributed by atoms with Crippen molar-refractivity contribution in [3.63, 3.8) is 0 Å². The largest absolute Gasteiger partial charge is 0.490 e. The summed E-state index contributed by atoms with van der Waals surface area (Å²) in [6.45, 7) is 9.00. The number of ether oxygens (including phenoxy) is 3. The average Bonchev–Trinajstić information content (AvgIpc) is 2.79. The summed E-state index contributed by atoms with van der Waals surface area (Å²) in [4.78, 5) is 14.6. The molecule has 6 nitrogen and oxygen atoms in total. The first-order valence-corrected chi connectivity index (χ1v) is 10.8. The van der Waals surface area contributed by atoms with Crippen molar-refractivity contribution in [2.75, 3.05) is 44.4 Å². The number of benzene rings is 2. The molecule has 0 radical (unpaired) electrons. The van der Waals surface area contributed by atoms with Crippen molar-refractivity contribution in [3.8, 4) is 11.5 Å². The van der Waals surface area contributed by atoms with E-state index in [-0.39, 0.29) is 5.91 Å². The fraction of sp³-hybridized carbons (Fsp3) is 0.458. The zero-order chi connectivity index (χ0) is 21.2. The van der Waals surface area contributed by atoms with Crippen molar-refractivity contribution in [1.82, 2.24) is 5.32 Å². The van der Waals surface area contributed by atoms with E-state index in [9.17, 15) is 4.79 Å². The second-order valence-electron chi connectivity index (χ2n) is 7.19. The second-order valence-corrected chi connectivity index (χ2v) is 7.19. The molecule has 0 atom stereocenters. The van der Waals surface area contributed by atoms with Crippen molar-refractivity contribution in [2.24, 2.45) is 0 Å². The number of amides is 1. The van der Waals surface area contributed by atoms with Crippen molar-refractivity contribution in [1.29, 1.82) is 0 Å². The first-order chi connectivity index (χ1) is 14.7. The van der Waals surface area contributed by atoms with Crippen LogP contribution in [-0.2, 0) is 22.5 Å². The zero-order valence-electron chi connectivity index (χ0n) is 18.0. The summed E-state index contributed by atoms with van der Waals surface area (Å²) in [5.41, 5.74) is 3.36. The van der Waals surface area contributed by atoms with E-state index in [1.54, 1.807) is 0 Å². The molecule has 162 valence electrons. The van der Waals surface area contributed by atoms with Crippen molar-refractivity contribution >= 4 is 11.6 Å². The van der Waals surface area contributed by atoms with Crippen LogP contribution in [0.25, 0.3) is 0 Å². The molecule has 0 spiro atoms. The summed E-state index contributed by atoms with van der Waals surface area (Å²) in [6, 6.07) is 14.2. The molecule has 1 fully saturated rings. The smallest absolute Gasteiger partial charge is 0.220 e. The molecule has 1 aliphatic heterocycles. The molecule has 0 aliphatic carbocycles. The summed E-state index contributed by atoms with van der Waals surface area (Å²) in [5, 5.41) is 3.01. The van der Waals surface area contributed by atoms with Crippen LogP contribution in [0.3, 0.4) is 0 Å². The van der Waals surface area contributed by atoms with Crippen molar-refractivity contribution in [2.45, 2.75) is 33.2 Å². The fourth-order valence-electron chi connectivity index (χ4n) is 3.44. The molecule has 1 aliphatic rings. The van der Waals surface area contributed by atoms with Crippen LogP contribution < -0.4 is 19.7 Å². The van der Waals surface area contributed by atoms with Crippen LogP contribution in [0.2, 0.25) is 0 Å². The van der Waals surface area contributed by atoms with Crippen LogP contribution in [0.5, 0.6) is 11.5 Å². The summed E-state index contributed by atoms with van der Waals surface area (Å²) in [5.74, 6) is 1.52. The molecular weight excluding hydrogens is 380 g/mol. The quantitative estimate of drug-likeness (QED) is 0.647. The number of nitrogens with zero attached hydrogens (tertiary/aromatic N) is 1. The minimum Gasteiger partial charge on any atom is -0.490 e. The van der Waals surface area contributed by atoms with Crippen LogP contribution in [0.1, 0.15) is 31.4 Å². The van der Waals surface area contributed by atoms with E-state index in [1.165, 1.54) is 5.69 Å². The Morgan fingerprint density at radius 1 is 0.967 bits per heavy atom. The molecule has 1 amide bonds. The van der Waals surface area contributed by atoms with Gasteiger partial charge in [0.15, 0.2) is 11.5 Å². The van der Waals surface area contributed by atoms with Crippen LogP contribution in [0.4, 0.5) is 5.69 Å². The molecule has 6 heteroatoms. The number of morpholine rings is 1. The first-order valence-electron chi connectivity index (χ1n) is 10.8. The number of aryl methyl sites for hydroxylation is 1. The summed E-state index contributed by atoms with van der Waals surface area (Å²) < 4.78 is 16.6. The third-order valence-electron chi connectivity index (χ3n) is 5.05. The van der Waals surface area contributed by atoms with E-state index < -0.39 is 0 Å². The lowest BCUT2D eigenvalue weighted by molar-refractivity contribution is -0.121. The number of hydrogen-bond acceptors (Lipinski definition) is 5. The second kappa shape index (κ2) is 11.5. The van der Waals surface area contributed by atoms with Gasteiger partial charge in [0.1, 0.15) is 0 Å². The molecule has 0 aromatic heterocycles. The Kier molecular flexibility index (Phi) is 8.39. The molecule has 2 aromatic rings. The van der Waals surface area contributed by atoms with Gasteiger partial charge in [-0.3, -0.25) is 4.79 Å². The standard InChI is InChI=1S/C24H32N2O4/c1-3-29-22-11-7-19(17-23(22)30-4-2)8-12-24(27)25-18-20-5-9-21(10-6-20)26-13-15-28-16-14-26/h5-7,9-11,17H,3-4,8,12-16,18H2,1-2H3,(H,25,27). The highest BCUT2D eigenvalue weighted by Gasteiger charge is 2.11. The number of hydrogen-bond donors (Lipinski definition) is 1. The Bertz CT molecular complexity index is 801. The highest BCUT2D eigenvalue weighted by Crippen LogP contribution is 2.29. The summed E-state index contributed by atoms with van der Waals surface area (Å²) >= 11 is 0. The molecule has 0 unspecified atom stereocenters. The maximum absolute atomic E-state index is 12.3. The van der Waals surface area contributed by atoms with E-state index in [0.717, 1.165) is 48.9 Å². The minimum atomic E-state index is 0.0408. The lowest BCUT2D eigenvalue weighted by Gasteiger charge is -2.28. The van der Waals surface area contributed by atoms with Gasteiger partial charge in [-0.1, -0.05) is 18.2 Å². The van der Waals surface area contributed by atoms with Crippen LogP contribution in [0, 0.1) is 0 Å². The predicted octanol–water partition coefficient (Wildman–Crippen LogP) is 3.57. The van der Waals surface area contributed by atoms with Gasteiger partial charge in [0.2, 0.25) is 5.91 Å². The molecule has 0 bridgehead atoms. The normalized spacial score (nSPS) is 13.7. The third kappa shape index (κ3) is 6.39. The van der Waals surface area contributed by atoms with Gasteiger partial charge in [-0.15, -0.1) is 0 Å². The molecule has 3 rings (SSSR count). The molecule has 1 N–H and O–H groups in total. The lowest BCUT2D eigenvalue weighted by atomic mass is 10.1. The number of nitrogens with one attached hydrogen (secondary N) is 1. The van der Waals surface area contributed by atoms with Crippen LogP contribution >= 0.6 is 0 Å². The van der Waals surface area contributed by atoms with Gasteiger partial charge in [0.05, 0.1) is 26.4 Å². The third-order valence-corrected chi connectivity index (χ3v) is 5.05. The fourth-order valence-corrected chi connectivity index (χ4v) is 3.44. The Morgan fingerprint density at radius 3 is 2.33 bits per heavy atom. The van der Waals surface area contributed by atoms with Crippen LogP contribution in [-0.4, -0.2) is 45.4 Å². The minimum absolute atomic E-state index is 0.0408. The predicted molar refractivity (Wildman–Crippen MR) is 118 cm³/mol. The molecule has 30 heavy (non-hydrogen) atoms. The Hall–Kier alpha value is -2.73. The number of rotatable bonds is 10. The number of carbonyl (C=O) groups is 1. The molecular formula is C24H32N2O4. The molecule has 1 heterocycles. The Morgan fingerprint density at radius 2 is 1.63 bits per heavy atom. The first kappa shape index (κ1) is 22.0. The zero-order valence-corrected chi connectivity index (χ0v) is 18.0. The monoisotopic (exact) mass is 412 g/mol. The van der Waals surface area contributed by atoms with Gasteiger partial charge in [-0.25, -0.2) is 0 Å². The highest BCUT2D eigenvalue weighted by molar-refractivity contribution is 5.76. The van der Waals surface area contributed by atoms with E-state index in [1.807, 2.05) is 32.0 Å². The average molecular weight is 413 g/mol. The van der Waals surface area contributed by atoms with Gasteiger partial charge in [-0.2, -0.15) is 0 Å². The Labute approximate surface area is 179 Å². The maximum atomic E-state index is 12.3. The van der Waals surface area contributed by atoms with Gasteiger partial charge >= 0.3 is 0 Å². The van der Waals surface area contributed by atoms with E-state index in [0.29, 0.717) is 32.6 Å². The SMILES string of the molecule is CCOc1ccc(CCC(=O)NCc2ccc(N3CCOCC3)cc2)cc1OCC. The number of carbonyl (C=O) groups excluding carboxylic acids is 1. The lowest BCUT2D eigenvalue weighted by Crippen LogP contribution is -2.36. The van der Waals surface area contributed by atoms with Gasteiger partial charge in [0, 0.05) is 31.7 Å². The Balaban J connectivity index is 1.46. The van der Waals surface area contributed by atoms with Crippen LogP contribution in [0.15, 0.2) is 42.5 Å². The van der Waals surface area contributed by atoms with E-state index >= 15 is 0 Å².